The minimum Gasteiger partial charge on any atom is -0.497 e. The second-order valence-corrected chi connectivity index (χ2v) is 9.36. The molecule has 2 heterocycles. The highest BCUT2D eigenvalue weighted by Gasteiger charge is 2.27. The van der Waals surface area contributed by atoms with Gasteiger partial charge in [0, 0.05) is 43.3 Å². The van der Waals surface area contributed by atoms with Crippen LogP contribution in [-0.4, -0.2) is 62.9 Å². The van der Waals surface area contributed by atoms with E-state index in [0.717, 1.165) is 50.6 Å². The fraction of sp³-hybridized carbons (Fsp3) is 0.536. The number of hydrogen-bond acceptors (Lipinski definition) is 5. The van der Waals surface area contributed by atoms with Crippen molar-refractivity contribution in [1.29, 1.82) is 0 Å². The molecule has 0 aliphatic carbocycles. The van der Waals surface area contributed by atoms with E-state index in [1.165, 1.54) is 25.2 Å². The lowest BCUT2D eigenvalue weighted by molar-refractivity contribution is -0.135. The van der Waals surface area contributed by atoms with E-state index in [1.807, 2.05) is 31.2 Å². The van der Waals surface area contributed by atoms with E-state index in [-0.39, 0.29) is 11.7 Å². The van der Waals surface area contributed by atoms with E-state index in [0.29, 0.717) is 23.3 Å². The Labute approximate surface area is 227 Å². The monoisotopic (exact) mass is 539 g/mol. The second kappa shape index (κ2) is 18.4. The maximum atomic E-state index is 12.7. The van der Waals surface area contributed by atoms with E-state index in [2.05, 4.69) is 35.1 Å². The molecule has 2 saturated heterocycles. The number of benzene rings is 2. The first-order valence-electron chi connectivity index (χ1n) is 12.5. The highest BCUT2D eigenvalue weighted by molar-refractivity contribution is 7.79. The van der Waals surface area contributed by atoms with Crippen LogP contribution in [0.1, 0.15) is 37.3 Å². The van der Waals surface area contributed by atoms with Gasteiger partial charge in [0.15, 0.2) is 0 Å². The van der Waals surface area contributed by atoms with Gasteiger partial charge in [0.25, 0.3) is 0 Å². The number of rotatable bonds is 2. The third kappa shape index (κ3) is 12.4. The predicted molar refractivity (Wildman–Crippen MR) is 153 cm³/mol. The van der Waals surface area contributed by atoms with Gasteiger partial charge in [-0.15, -0.1) is 0 Å². The molecule has 0 bridgehead atoms. The van der Waals surface area contributed by atoms with Gasteiger partial charge >= 0.3 is 0 Å². The quantitative estimate of drug-likeness (QED) is 0.439. The van der Waals surface area contributed by atoms with Crippen LogP contribution in [-0.2, 0) is 4.79 Å². The minimum atomic E-state index is -0.223. The van der Waals surface area contributed by atoms with E-state index in [9.17, 15) is 9.18 Å². The molecule has 4 rings (SSSR count). The summed E-state index contributed by atoms with van der Waals surface area (Å²) in [5, 5.41) is 7.52. The summed E-state index contributed by atoms with van der Waals surface area (Å²) < 4.78 is 17.5. The number of nitrogens with one attached hydrogen (secondary N) is 2. The number of hydrogen-bond donors (Lipinski definition) is 3. The fourth-order valence-corrected chi connectivity index (χ4v) is 3.95. The molecule has 2 aromatic rings. The Hall–Kier alpha value is -1.80. The standard InChI is InChI=1S/C12H23N3O.C8H9FO.C7H7Cl.CH4S/c1-10-3-2-7-15(8-6-14-10)12(16)11-4-5-13-9-11;1-6-3-4-7(10-2)5-8(6)9;1-6-2-4-7(8)5-3-6;1-2/h10-11,13-14H,2-9H2,1H3;3-5H,1-2H3;2-5H,1H3;2H,1H3. The molecule has 2 atom stereocenters. The fourth-order valence-electron chi connectivity index (χ4n) is 3.83. The summed E-state index contributed by atoms with van der Waals surface area (Å²) in [5.74, 6) is 0.931. The smallest absolute Gasteiger partial charge is 0.227 e. The van der Waals surface area contributed by atoms with Gasteiger partial charge in [-0.25, -0.2) is 4.39 Å². The number of methoxy groups -OCH3 is 1. The molecule has 5 nitrogen and oxygen atoms in total. The summed E-state index contributed by atoms with van der Waals surface area (Å²) in [6.07, 6.45) is 5.01. The molecule has 0 aromatic heterocycles. The third-order valence-electron chi connectivity index (χ3n) is 6.05. The molecule has 8 heteroatoms. The largest absolute Gasteiger partial charge is 0.497 e. The zero-order valence-electron chi connectivity index (χ0n) is 22.3. The zero-order valence-corrected chi connectivity index (χ0v) is 24.0. The first-order chi connectivity index (χ1) is 17.3. The molecule has 36 heavy (non-hydrogen) atoms. The van der Waals surface area contributed by atoms with Crippen LogP contribution in [0, 0.1) is 25.6 Å². The summed E-state index contributed by atoms with van der Waals surface area (Å²) in [6.45, 7) is 10.6. The maximum Gasteiger partial charge on any atom is 0.227 e. The summed E-state index contributed by atoms with van der Waals surface area (Å²) in [5.41, 5.74) is 1.88. The average Bonchev–Trinajstić information content (AvgIpc) is 3.42. The van der Waals surface area contributed by atoms with Gasteiger partial charge in [-0.1, -0.05) is 35.4 Å². The van der Waals surface area contributed by atoms with Crippen LogP contribution >= 0.6 is 24.2 Å². The molecule has 2 aliphatic heterocycles. The van der Waals surface area contributed by atoms with E-state index < -0.39 is 0 Å². The van der Waals surface area contributed by atoms with Gasteiger partial charge in [0.05, 0.1) is 13.0 Å². The first kappa shape index (κ1) is 32.2. The minimum absolute atomic E-state index is 0.223. The summed E-state index contributed by atoms with van der Waals surface area (Å²) in [7, 11) is 1.52. The van der Waals surface area contributed by atoms with Gasteiger partial charge in [-0.05, 0) is 76.6 Å². The summed E-state index contributed by atoms with van der Waals surface area (Å²) in [6, 6.07) is 13.1. The van der Waals surface area contributed by atoms with Crippen molar-refractivity contribution < 1.29 is 13.9 Å². The number of thiol groups is 1. The highest BCUT2D eigenvalue weighted by atomic mass is 35.5. The Bertz CT molecular complexity index is 849. The molecule has 2 fully saturated rings. The van der Waals surface area contributed by atoms with Gasteiger partial charge in [-0.2, -0.15) is 12.6 Å². The molecule has 2 unspecified atom stereocenters. The SMILES string of the molecule is CC1CCCN(C(=O)C2CCNC2)CCN1.COc1ccc(C)c(F)c1.CS.Cc1ccc(Cl)cc1. The third-order valence-corrected chi connectivity index (χ3v) is 6.30. The van der Waals surface area contributed by atoms with Crippen molar-refractivity contribution in [1.82, 2.24) is 15.5 Å². The van der Waals surface area contributed by atoms with Gasteiger partial charge in [-0.3, -0.25) is 4.79 Å². The number of amides is 1. The molecular formula is C28H43ClFN3O2S. The van der Waals surface area contributed by atoms with Gasteiger partial charge in [0.1, 0.15) is 11.6 Å². The molecule has 0 spiro atoms. The molecule has 202 valence electrons. The number of ether oxygens (including phenoxy) is 1. The van der Waals surface area contributed by atoms with Crippen molar-refractivity contribution in [3.05, 3.63) is 64.4 Å². The number of carbonyl (C=O) groups excluding carboxylic acids is 1. The number of nitrogens with zero attached hydrogens (tertiary/aromatic N) is 1. The Morgan fingerprint density at radius 3 is 2.33 bits per heavy atom. The lowest BCUT2D eigenvalue weighted by atomic mass is 10.1. The van der Waals surface area contributed by atoms with Crippen molar-refractivity contribution >= 4 is 30.1 Å². The van der Waals surface area contributed by atoms with Crippen LogP contribution in [0.2, 0.25) is 5.02 Å². The number of halogens is 2. The molecule has 1 amide bonds. The van der Waals surface area contributed by atoms with Crippen molar-refractivity contribution in [2.75, 3.05) is 46.1 Å². The van der Waals surface area contributed by atoms with Crippen LogP contribution in [0.5, 0.6) is 5.75 Å². The molecule has 2 aromatic carbocycles. The van der Waals surface area contributed by atoms with Crippen molar-refractivity contribution in [2.24, 2.45) is 5.92 Å². The molecule has 0 saturated carbocycles. The molecule has 2 aliphatic rings. The van der Waals surface area contributed by atoms with Crippen LogP contribution in [0.15, 0.2) is 42.5 Å². The Morgan fingerprint density at radius 2 is 1.78 bits per heavy atom. The van der Waals surface area contributed by atoms with Crippen LogP contribution in [0.3, 0.4) is 0 Å². The highest BCUT2D eigenvalue weighted by Crippen LogP contribution is 2.15. The lowest BCUT2D eigenvalue weighted by Crippen LogP contribution is -2.45. The molecular weight excluding hydrogens is 497 g/mol. The first-order valence-corrected chi connectivity index (χ1v) is 13.8. The van der Waals surface area contributed by atoms with E-state index in [4.69, 9.17) is 16.3 Å². The van der Waals surface area contributed by atoms with Gasteiger partial charge < -0.3 is 20.3 Å². The molecule has 2 N–H and O–H groups in total. The Balaban J connectivity index is 0.000000279. The summed E-state index contributed by atoms with van der Waals surface area (Å²) >= 11 is 9.14. The van der Waals surface area contributed by atoms with Crippen LogP contribution in [0.4, 0.5) is 4.39 Å². The Kier molecular flexibility index (Phi) is 16.5. The average molecular weight is 540 g/mol. The normalized spacial score (nSPS) is 19.2. The second-order valence-electron chi connectivity index (χ2n) is 8.92. The topological polar surface area (TPSA) is 53.6 Å². The lowest BCUT2D eigenvalue weighted by Gasteiger charge is -2.29. The Morgan fingerprint density at radius 1 is 1.08 bits per heavy atom. The van der Waals surface area contributed by atoms with Crippen molar-refractivity contribution in [3.63, 3.8) is 0 Å². The van der Waals surface area contributed by atoms with Crippen LogP contribution < -0.4 is 15.4 Å². The van der Waals surface area contributed by atoms with Crippen molar-refractivity contribution in [2.45, 2.75) is 46.1 Å². The predicted octanol–water partition coefficient (Wildman–Crippen LogP) is 5.53. The van der Waals surface area contributed by atoms with Crippen LogP contribution in [0.25, 0.3) is 0 Å². The summed E-state index contributed by atoms with van der Waals surface area (Å²) in [4.78, 5) is 14.3. The zero-order chi connectivity index (χ0) is 26.9. The number of carbonyl (C=O) groups is 1. The number of aryl methyl sites for hydroxylation is 2. The van der Waals surface area contributed by atoms with E-state index in [1.54, 1.807) is 25.3 Å². The maximum absolute atomic E-state index is 12.7. The van der Waals surface area contributed by atoms with Crippen molar-refractivity contribution in [3.8, 4) is 5.75 Å². The van der Waals surface area contributed by atoms with Gasteiger partial charge in [0.2, 0.25) is 5.91 Å². The van der Waals surface area contributed by atoms with E-state index >= 15 is 0 Å². The molecule has 0 radical (unpaired) electrons.